The smallest absolute Gasteiger partial charge is 0.294 e. The molecule has 2 aromatic rings. The van der Waals surface area contributed by atoms with Crippen molar-refractivity contribution in [2.45, 2.75) is 19.0 Å². The summed E-state index contributed by atoms with van der Waals surface area (Å²) in [4.78, 5) is 12.2. The highest BCUT2D eigenvalue weighted by molar-refractivity contribution is 6.00. The monoisotopic (exact) mass is 278 g/mol. The molecule has 0 radical (unpaired) electrons. The van der Waals surface area contributed by atoms with E-state index in [0.29, 0.717) is 11.1 Å². The summed E-state index contributed by atoms with van der Waals surface area (Å²) in [5.41, 5.74) is 0.133. The number of Topliss-reactive ketones (excluding diaryl/α,β-unsaturated/α-hetero) is 1. The molecule has 1 unspecified atom stereocenters. The van der Waals surface area contributed by atoms with Crippen LogP contribution in [0.15, 0.2) is 54.6 Å². The van der Waals surface area contributed by atoms with Crippen molar-refractivity contribution < 1.29 is 18.0 Å². The van der Waals surface area contributed by atoms with Gasteiger partial charge in [0, 0.05) is 11.5 Å². The van der Waals surface area contributed by atoms with E-state index in [0.717, 1.165) is 12.1 Å². The van der Waals surface area contributed by atoms with Crippen molar-refractivity contribution in [2.24, 2.45) is 0 Å². The largest absolute Gasteiger partial charge is 0.416 e. The molecule has 0 aromatic heterocycles. The number of hydrogen-bond donors (Lipinski definition) is 0. The highest BCUT2D eigenvalue weighted by Crippen LogP contribution is 2.31. The maximum Gasteiger partial charge on any atom is 0.416 e. The molecule has 1 atom stereocenters. The number of carbonyl (C=O) groups is 1. The third-order valence-electron chi connectivity index (χ3n) is 3.17. The normalized spacial score (nSPS) is 13.0. The topological polar surface area (TPSA) is 17.1 Å². The van der Waals surface area contributed by atoms with Gasteiger partial charge < -0.3 is 0 Å². The Hall–Kier alpha value is -2.10. The second-order valence-electron chi connectivity index (χ2n) is 4.58. The minimum atomic E-state index is -4.40. The molecular weight excluding hydrogens is 265 g/mol. The molecule has 20 heavy (non-hydrogen) atoms. The predicted octanol–water partition coefficient (Wildman–Crippen LogP) is 4.69. The summed E-state index contributed by atoms with van der Waals surface area (Å²) in [5.74, 6) is -0.801. The lowest BCUT2D eigenvalue weighted by Crippen LogP contribution is -2.11. The predicted molar refractivity (Wildman–Crippen MR) is 70.6 cm³/mol. The Morgan fingerprint density at radius 3 is 2.25 bits per heavy atom. The van der Waals surface area contributed by atoms with Crippen LogP contribution in [-0.4, -0.2) is 5.78 Å². The van der Waals surface area contributed by atoms with Gasteiger partial charge in [0.15, 0.2) is 5.78 Å². The molecule has 0 saturated carbocycles. The molecule has 0 aliphatic carbocycles. The van der Waals surface area contributed by atoms with Gasteiger partial charge in [0.25, 0.3) is 0 Å². The first-order valence-corrected chi connectivity index (χ1v) is 6.16. The Morgan fingerprint density at radius 2 is 1.65 bits per heavy atom. The van der Waals surface area contributed by atoms with E-state index in [4.69, 9.17) is 0 Å². The van der Waals surface area contributed by atoms with E-state index >= 15 is 0 Å². The number of ketones is 1. The molecular formula is C16H13F3O. The van der Waals surface area contributed by atoms with E-state index in [-0.39, 0.29) is 5.78 Å². The summed E-state index contributed by atoms with van der Waals surface area (Å²) in [6, 6.07) is 13.5. The SMILES string of the molecule is CC(C(=O)c1ccccc1)c1cccc(C(F)(F)F)c1. The van der Waals surface area contributed by atoms with Crippen LogP contribution in [0.3, 0.4) is 0 Å². The summed E-state index contributed by atoms with van der Waals surface area (Å²) in [5, 5.41) is 0. The number of halogens is 3. The molecule has 2 aromatic carbocycles. The quantitative estimate of drug-likeness (QED) is 0.744. The summed E-state index contributed by atoms with van der Waals surface area (Å²) in [6.07, 6.45) is -4.40. The van der Waals surface area contributed by atoms with Crippen LogP contribution < -0.4 is 0 Å². The summed E-state index contributed by atoms with van der Waals surface area (Å²) in [7, 11) is 0. The average molecular weight is 278 g/mol. The van der Waals surface area contributed by atoms with Gasteiger partial charge in [-0.2, -0.15) is 13.2 Å². The van der Waals surface area contributed by atoms with Crippen molar-refractivity contribution in [2.75, 3.05) is 0 Å². The van der Waals surface area contributed by atoms with Crippen LogP contribution in [0.1, 0.15) is 34.3 Å². The fourth-order valence-electron chi connectivity index (χ4n) is 1.99. The number of alkyl halides is 3. The van der Waals surface area contributed by atoms with Gasteiger partial charge in [0.05, 0.1) is 5.56 Å². The van der Waals surface area contributed by atoms with Gasteiger partial charge in [-0.3, -0.25) is 4.79 Å². The summed E-state index contributed by atoms with van der Waals surface area (Å²) < 4.78 is 38.0. The van der Waals surface area contributed by atoms with Crippen molar-refractivity contribution >= 4 is 5.78 Å². The molecule has 0 amide bonds. The van der Waals surface area contributed by atoms with Crippen LogP contribution in [0, 0.1) is 0 Å². The molecule has 0 N–H and O–H groups in total. The first-order valence-electron chi connectivity index (χ1n) is 6.16. The number of carbonyl (C=O) groups excluding carboxylic acids is 1. The highest BCUT2D eigenvalue weighted by Gasteiger charge is 2.31. The van der Waals surface area contributed by atoms with Gasteiger partial charge in [-0.15, -0.1) is 0 Å². The van der Waals surface area contributed by atoms with Gasteiger partial charge in [-0.05, 0) is 11.6 Å². The lowest BCUT2D eigenvalue weighted by Gasteiger charge is -2.13. The lowest BCUT2D eigenvalue weighted by atomic mass is 9.91. The fourth-order valence-corrected chi connectivity index (χ4v) is 1.99. The average Bonchev–Trinajstić information content (AvgIpc) is 2.46. The Balaban J connectivity index is 2.30. The zero-order valence-electron chi connectivity index (χ0n) is 10.8. The minimum Gasteiger partial charge on any atom is -0.294 e. The molecule has 0 saturated heterocycles. The van der Waals surface area contributed by atoms with Gasteiger partial charge in [0.1, 0.15) is 0 Å². The molecule has 4 heteroatoms. The van der Waals surface area contributed by atoms with E-state index in [1.54, 1.807) is 43.3 Å². The van der Waals surface area contributed by atoms with E-state index in [1.165, 1.54) is 6.07 Å². The highest BCUT2D eigenvalue weighted by atomic mass is 19.4. The molecule has 104 valence electrons. The molecule has 0 fully saturated rings. The maximum absolute atomic E-state index is 12.7. The molecule has 0 bridgehead atoms. The van der Waals surface area contributed by atoms with Gasteiger partial charge in [-0.25, -0.2) is 0 Å². The lowest BCUT2D eigenvalue weighted by molar-refractivity contribution is -0.137. The van der Waals surface area contributed by atoms with Crippen LogP contribution >= 0.6 is 0 Å². The van der Waals surface area contributed by atoms with Gasteiger partial charge >= 0.3 is 6.18 Å². The second kappa shape index (κ2) is 5.49. The minimum absolute atomic E-state index is 0.190. The third kappa shape index (κ3) is 3.07. The standard InChI is InChI=1S/C16H13F3O/c1-11(15(20)12-6-3-2-4-7-12)13-8-5-9-14(10-13)16(17,18)19/h2-11H,1H3. The van der Waals surface area contributed by atoms with Crippen molar-refractivity contribution in [1.82, 2.24) is 0 Å². The Kier molecular flexibility index (Phi) is 3.93. The molecule has 2 rings (SSSR count). The number of benzene rings is 2. The number of hydrogen-bond acceptors (Lipinski definition) is 1. The van der Waals surface area contributed by atoms with Crippen molar-refractivity contribution in [3.8, 4) is 0 Å². The van der Waals surface area contributed by atoms with Gasteiger partial charge in [-0.1, -0.05) is 55.5 Å². The van der Waals surface area contributed by atoms with Crippen molar-refractivity contribution in [1.29, 1.82) is 0 Å². The van der Waals surface area contributed by atoms with E-state index in [1.807, 2.05) is 0 Å². The molecule has 0 aliphatic rings. The zero-order valence-corrected chi connectivity index (χ0v) is 10.8. The Labute approximate surface area is 115 Å². The van der Waals surface area contributed by atoms with Crippen LogP contribution in [0.4, 0.5) is 13.2 Å². The zero-order chi connectivity index (χ0) is 14.8. The molecule has 0 aliphatic heterocycles. The first kappa shape index (κ1) is 14.3. The van der Waals surface area contributed by atoms with E-state index < -0.39 is 17.7 Å². The van der Waals surface area contributed by atoms with Crippen LogP contribution in [-0.2, 0) is 6.18 Å². The Morgan fingerprint density at radius 1 is 1.00 bits per heavy atom. The van der Waals surface area contributed by atoms with E-state index in [2.05, 4.69) is 0 Å². The van der Waals surface area contributed by atoms with Gasteiger partial charge in [0.2, 0.25) is 0 Å². The molecule has 0 spiro atoms. The molecule has 0 heterocycles. The van der Waals surface area contributed by atoms with Crippen LogP contribution in [0.5, 0.6) is 0 Å². The number of rotatable bonds is 3. The third-order valence-corrected chi connectivity index (χ3v) is 3.17. The van der Waals surface area contributed by atoms with Crippen LogP contribution in [0.2, 0.25) is 0 Å². The van der Waals surface area contributed by atoms with Crippen LogP contribution in [0.25, 0.3) is 0 Å². The van der Waals surface area contributed by atoms with Crippen molar-refractivity contribution in [3.05, 3.63) is 71.3 Å². The van der Waals surface area contributed by atoms with E-state index in [9.17, 15) is 18.0 Å². The van der Waals surface area contributed by atoms with Crippen molar-refractivity contribution in [3.63, 3.8) is 0 Å². The summed E-state index contributed by atoms with van der Waals surface area (Å²) >= 11 is 0. The summed E-state index contributed by atoms with van der Waals surface area (Å²) in [6.45, 7) is 1.62. The second-order valence-corrected chi connectivity index (χ2v) is 4.58. The fraction of sp³-hybridized carbons (Fsp3) is 0.188. The first-order chi connectivity index (χ1) is 9.39. The molecule has 1 nitrogen and oxygen atoms in total. The maximum atomic E-state index is 12.7. The Bertz CT molecular complexity index is 603.